The van der Waals surface area contributed by atoms with E-state index in [1.54, 1.807) is 18.2 Å². The first-order valence-corrected chi connectivity index (χ1v) is 3.94. The highest BCUT2D eigenvalue weighted by Gasteiger charge is 2.01. The maximum Gasteiger partial charge on any atom is 0.103 e. The van der Waals surface area contributed by atoms with Crippen molar-refractivity contribution in [2.75, 3.05) is 5.73 Å². The van der Waals surface area contributed by atoms with Gasteiger partial charge in [0.05, 0.1) is 23.7 Å². The van der Waals surface area contributed by atoms with Gasteiger partial charge >= 0.3 is 0 Å². The van der Waals surface area contributed by atoms with Gasteiger partial charge in [-0.2, -0.15) is 10.5 Å². The Hall–Kier alpha value is -2.44. The van der Waals surface area contributed by atoms with Gasteiger partial charge in [0.25, 0.3) is 0 Å². The van der Waals surface area contributed by atoms with Gasteiger partial charge in [0.1, 0.15) is 6.07 Å². The number of hydrogen-bond donors (Lipinski definition) is 1. The first-order chi connectivity index (χ1) is 6.79. The number of nitriles is 2. The lowest BCUT2D eigenvalue weighted by molar-refractivity contribution is 1.39. The maximum absolute atomic E-state index is 8.79. The number of benzene rings is 1. The lowest BCUT2D eigenvalue weighted by Crippen LogP contribution is -1.92. The predicted octanol–water partition coefficient (Wildman–Crippen LogP) is 1.41. The zero-order valence-corrected chi connectivity index (χ0v) is 7.41. The third-order valence-electron chi connectivity index (χ3n) is 1.60. The van der Waals surface area contributed by atoms with Crippen LogP contribution in [0.4, 0.5) is 5.69 Å². The fourth-order valence-electron chi connectivity index (χ4n) is 0.978. The molecule has 0 radical (unpaired) electrons. The van der Waals surface area contributed by atoms with Gasteiger partial charge in [0, 0.05) is 5.56 Å². The molecule has 0 saturated carbocycles. The molecule has 0 saturated heterocycles. The van der Waals surface area contributed by atoms with Gasteiger partial charge in [-0.1, -0.05) is 17.9 Å². The lowest BCUT2D eigenvalue weighted by atomic mass is 10.1. The van der Waals surface area contributed by atoms with Crippen LogP contribution in [0, 0.1) is 34.5 Å². The quantitative estimate of drug-likeness (QED) is 0.485. The molecule has 0 bridgehead atoms. The monoisotopic (exact) mass is 181 g/mol. The minimum atomic E-state index is 0.152. The Morgan fingerprint density at radius 2 is 2.07 bits per heavy atom. The first-order valence-electron chi connectivity index (χ1n) is 3.94. The van der Waals surface area contributed by atoms with Crippen LogP contribution < -0.4 is 5.73 Å². The Morgan fingerprint density at radius 3 is 2.71 bits per heavy atom. The summed E-state index contributed by atoms with van der Waals surface area (Å²) in [6.45, 7) is 0. The Bertz CT molecular complexity index is 478. The molecule has 2 N–H and O–H groups in total. The number of rotatable bonds is 0. The summed E-state index contributed by atoms with van der Waals surface area (Å²) < 4.78 is 0. The average Bonchev–Trinajstić information content (AvgIpc) is 2.18. The molecule has 3 heteroatoms. The predicted molar refractivity (Wildman–Crippen MR) is 52.7 cm³/mol. The molecule has 0 spiro atoms. The number of nitrogens with two attached hydrogens (primary N) is 1. The van der Waals surface area contributed by atoms with E-state index in [1.807, 2.05) is 12.1 Å². The van der Waals surface area contributed by atoms with E-state index in [2.05, 4.69) is 11.8 Å². The molecule has 0 heterocycles. The molecule has 1 rings (SSSR count). The van der Waals surface area contributed by atoms with E-state index in [1.165, 1.54) is 0 Å². The lowest BCUT2D eigenvalue weighted by Gasteiger charge is -1.98. The van der Waals surface area contributed by atoms with Crippen molar-refractivity contribution in [2.45, 2.75) is 6.42 Å². The van der Waals surface area contributed by atoms with Gasteiger partial charge in [-0.15, -0.1) is 0 Å². The molecule has 0 atom stereocenters. The summed E-state index contributed by atoms with van der Waals surface area (Å²) in [5, 5.41) is 17.1. The molecule has 0 aliphatic carbocycles. The van der Waals surface area contributed by atoms with Crippen LogP contribution in [0.3, 0.4) is 0 Å². The van der Waals surface area contributed by atoms with Crippen molar-refractivity contribution in [3.05, 3.63) is 29.3 Å². The molecule has 0 fully saturated rings. The van der Waals surface area contributed by atoms with Crippen molar-refractivity contribution >= 4 is 5.69 Å². The Labute approximate surface area is 82.4 Å². The van der Waals surface area contributed by atoms with Crippen molar-refractivity contribution in [1.29, 1.82) is 10.5 Å². The second-order valence-corrected chi connectivity index (χ2v) is 2.52. The van der Waals surface area contributed by atoms with Crippen LogP contribution in [0.2, 0.25) is 0 Å². The fraction of sp³-hybridized carbons (Fsp3) is 0.0909. The van der Waals surface area contributed by atoms with Crippen molar-refractivity contribution in [1.82, 2.24) is 0 Å². The zero-order valence-electron chi connectivity index (χ0n) is 7.41. The van der Waals surface area contributed by atoms with Crippen molar-refractivity contribution < 1.29 is 0 Å². The van der Waals surface area contributed by atoms with Gasteiger partial charge in [-0.25, -0.2) is 0 Å². The largest absolute Gasteiger partial charge is 0.398 e. The van der Waals surface area contributed by atoms with Gasteiger partial charge in [-0.3, -0.25) is 0 Å². The molecule has 0 aliphatic rings. The van der Waals surface area contributed by atoms with Crippen LogP contribution in [0.5, 0.6) is 0 Å². The minimum Gasteiger partial charge on any atom is -0.398 e. The third-order valence-corrected chi connectivity index (χ3v) is 1.60. The highest BCUT2D eigenvalue weighted by molar-refractivity contribution is 5.62. The number of hydrogen-bond acceptors (Lipinski definition) is 3. The van der Waals surface area contributed by atoms with Gasteiger partial charge in [0.2, 0.25) is 0 Å². The van der Waals surface area contributed by atoms with Crippen LogP contribution in [0.1, 0.15) is 17.5 Å². The summed E-state index contributed by atoms with van der Waals surface area (Å²) >= 11 is 0. The van der Waals surface area contributed by atoms with E-state index in [9.17, 15) is 0 Å². The average molecular weight is 181 g/mol. The molecule has 3 nitrogen and oxygen atoms in total. The standard InChI is InChI=1S/C11H7N3/c12-7-2-1-4-9-5-3-6-11(14)10(9)8-13/h3,5-6H,2,14H2. The van der Waals surface area contributed by atoms with Crippen molar-refractivity contribution in [3.8, 4) is 24.0 Å². The van der Waals surface area contributed by atoms with Crippen molar-refractivity contribution in [2.24, 2.45) is 0 Å². The van der Waals surface area contributed by atoms with E-state index < -0.39 is 0 Å². The second kappa shape index (κ2) is 4.55. The molecular formula is C11H7N3. The van der Waals surface area contributed by atoms with E-state index in [-0.39, 0.29) is 6.42 Å². The van der Waals surface area contributed by atoms with Gasteiger partial charge in [0.15, 0.2) is 0 Å². The van der Waals surface area contributed by atoms with E-state index in [4.69, 9.17) is 16.3 Å². The Kier molecular flexibility index (Phi) is 3.14. The molecule has 0 aliphatic heterocycles. The third kappa shape index (κ3) is 2.03. The second-order valence-electron chi connectivity index (χ2n) is 2.52. The topological polar surface area (TPSA) is 73.6 Å². The number of anilines is 1. The molecular weight excluding hydrogens is 174 g/mol. The van der Waals surface area contributed by atoms with Crippen molar-refractivity contribution in [3.63, 3.8) is 0 Å². The first kappa shape index (κ1) is 9.65. The molecule has 1 aromatic rings. The van der Waals surface area contributed by atoms with Crippen LogP contribution in [0.25, 0.3) is 0 Å². The van der Waals surface area contributed by atoms with Crippen LogP contribution in [-0.2, 0) is 0 Å². The van der Waals surface area contributed by atoms with Gasteiger partial charge in [-0.05, 0) is 12.1 Å². The summed E-state index contributed by atoms with van der Waals surface area (Å²) in [4.78, 5) is 0. The van der Waals surface area contributed by atoms with E-state index in [0.717, 1.165) is 0 Å². The van der Waals surface area contributed by atoms with Crippen LogP contribution in [0.15, 0.2) is 18.2 Å². The summed E-state index contributed by atoms with van der Waals surface area (Å²) in [5.74, 6) is 5.37. The normalized spacial score (nSPS) is 7.86. The molecule has 0 aromatic heterocycles. The Morgan fingerprint density at radius 1 is 1.29 bits per heavy atom. The number of nitrogens with zero attached hydrogens (tertiary/aromatic N) is 2. The summed E-state index contributed by atoms with van der Waals surface area (Å²) in [5.41, 5.74) is 6.94. The highest BCUT2D eigenvalue weighted by atomic mass is 14.6. The summed E-state index contributed by atoms with van der Waals surface area (Å²) in [6.07, 6.45) is 0.152. The summed E-state index contributed by atoms with van der Waals surface area (Å²) in [6, 6.07) is 8.97. The highest BCUT2D eigenvalue weighted by Crippen LogP contribution is 2.14. The molecule has 0 amide bonds. The molecule has 0 unspecified atom stereocenters. The number of nitrogen functional groups attached to an aromatic ring is 1. The minimum absolute atomic E-state index is 0.152. The van der Waals surface area contributed by atoms with Crippen LogP contribution >= 0.6 is 0 Å². The van der Waals surface area contributed by atoms with E-state index in [0.29, 0.717) is 16.8 Å². The molecule has 66 valence electrons. The Balaban J connectivity index is 3.13. The summed E-state index contributed by atoms with van der Waals surface area (Å²) in [7, 11) is 0. The molecule has 1 aromatic carbocycles. The van der Waals surface area contributed by atoms with Crippen LogP contribution in [-0.4, -0.2) is 0 Å². The van der Waals surface area contributed by atoms with E-state index >= 15 is 0 Å². The van der Waals surface area contributed by atoms with Gasteiger partial charge < -0.3 is 5.73 Å². The smallest absolute Gasteiger partial charge is 0.103 e. The zero-order chi connectivity index (χ0) is 10.4. The SMILES string of the molecule is N#CCC#Cc1cccc(N)c1C#N. The maximum atomic E-state index is 8.79. The molecule has 14 heavy (non-hydrogen) atoms. The fourth-order valence-corrected chi connectivity index (χ4v) is 0.978.